The lowest BCUT2D eigenvalue weighted by Crippen LogP contribution is -2.54. The van der Waals surface area contributed by atoms with Crippen molar-refractivity contribution in [3.63, 3.8) is 0 Å². The van der Waals surface area contributed by atoms with Crippen LogP contribution < -0.4 is 15.0 Å². The number of ether oxygens (including phenoxy) is 1. The molecular formula is C23H13N5O10. The standard InChI is InChI=1S/C23H13N5O10/c29-21-18(22(30)25(23(31)24-21)14-4-6-15(7-5-14)26(32)33)11-13-2-1-3-17(10-13)38-20-9-8-16(27(34)35)12-19(20)28(36)37/h1-12H,(H,24,29,31)/b18-11-. The Labute approximate surface area is 211 Å². The second-order valence-electron chi connectivity index (χ2n) is 7.57. The summed E-state index contributed by atoms with van der Waals surface area (Å²) in [5.41, 5.74) is -1.64. The van der Waals surface area contributed by atoms with Crippen molar-refractivity contribution >= 4 is 46.7 Å². The first kappa shape index (κ1) is 25.1. The summed E-state index contributed by atoms with van der Waals surface area (Å²) in [5.74, 6) is -2.23. The number of hydrogen-bond donors (Lipinski definition) is 1. The molecule has 15 nitrogen and oxygen atoms in total. The van der Waals surface area contributed by atoms with Gasteiger partial charge in [-0.2, -0.15) is 0 Å². The van der Waals surface area contributed by atoms with E-state index < -0.39 is 49.6 Å². The molecule has 0 spiro atoms. The second-order valence-corrected chi connectivity index (χ2v) is 7.57. The number of nitro benzene ring substituents is 3. The van der Waals surface area contributed by atoms with E-state index in [0.29, 0.717) is 4.90 Å². The maximum Gasteiger partial charge on any atom is 0.335 e. The number of rotatable bonds is 7. The topological polar surface area (TPSA) is 205 Å². The SMILES string of the molecule is O=C1NC(=O)N(c2ccc([N+](=O)[O-])cc2)C(=O)/C1=C\c1cccc(Oc2ccc([N+](=O)[O-])cc2[N+](=O)[O-])c1. The van der Waals surface area contributed by atoms with Crippen molar-refractivity contribution < 1.29 is 33.9 Å². The van der Waals surface area contributed by atoms with Crippen LogP contribution in [-0.2, 0) is 9.59 Å². The minimum Gasteiger partial charge on any atom is -0.450 e. The minimum absolute atomic E-state index is 0.0148. The molecule has 0 atom stereocenters. The molecule has 1 fully saturated rings. The van der Waals surface area contributed by atoms with Crippen LogP contribution in [0.1, 0.15) is 5.56 Å². The fourth-order valence-electron chi connectivity index (χ4n) is 3.43. The van der Waals surface area contributed by atoms with Crippen molar-refractivity contribution in [3.8, 4) is 11.5 Å². The van der Waals surface area contributed by atoms with Gasteiger partial charge in [0.1, 0.15) is 11.3 Å². The van der Waals surface area contributed by atoms with E-state index in [2.05, 4.69) is 0 Å². The normalized spacial score (nSPS) is 14.3. The van der Waals surface area contributed by atoms with Gasteiger partial charge in [-0.3, -0.25) is 45.2 Å². The van der Waals surface area contributed by atoms with Crippen molar-refractivity contribution in [2.45, 2.75) is 0 Å². The highest BCUT2D eigenvalue weighted by Crippen LogP contribution is 2.35. The molecule has 1 aliphatic rings. The van der Waals surface area contributed by atoms with Gasteiger partial charge in [0.25, 0.3) is 23.2 Å². The van der Waals surface area contributed by atoms with E-state index in [0.717, 1.165) is 36.4 Å². The first-order valence-corrected chi connectivity index (χ1v) is 10.4. The maximum absolute atomic E-state index is 13.0. The number of barbiturate groups is 1. The van der Waals surface area contributed by atoms with Crippen molar-refractivity contribution in [3.05, 3.63) is 108 Å². The molecule has 1 heterocycles. The molecule has 3 aromatic rings. The number of imide groups is 2. The van der Waals surface area contributed by atoms with Gasteiger partial charge in [-0.1, -0.05) is 12.1 Å². The van der Waals surface area contributed by atoms with Gasteiger partial charge in [0.15, 0.2) is 0 Å². The molecule has 0 saturated carbocycles. The smallest absolute Gasteiger partial charge is 0.335 e. The fraction of sp³-hybridized carbons (Fsp3) is 0. The summed E-state index contributed by atoms with van der Waals surface area (Å²) < 4.78 is 5.53. The number of benzene rings is 3. The Morgan fingerprint density at radius 2 is 1.45 bits per heavy atom. The molecule has 3 aromatic carbocycles. The molecule has 15 heteroatoms. The first-order chi connectivity index (χ1) is 18.0. The molecule has 38 heavy (non-hydrogen) atoms. The Hall–Kier alpha value is -5.99. The predicted molar refractivity (Wildman–Crippen MR) is 128 cm³/mol. The molecule has 1 aliphatic heterocycles. The monoisotopic (exact) mass is 519 g/mol. The molecule has 0 radical (unpaired) electrons. The number of nitro groups is 3. The number of urea groups is 1. The average molecular weight is 519 g/mol. The fourth-order valence-corrected chi connectivity index (χ4v) is 3.43. The number of anilines is 1. The van der Waals surface area contributed by atoms with E-state index in [1.807, 2.05) is 5.32 Å². The van der Waals surface area contributed by atoms with E-state index >= 15 is 0 Å². The summed E-state index contributed by atoms with van der Waals surface area (Å²) in [4.78, 5) is 69.3. The van der Waals surface area contributed by atoms with E-state index in [9.17, 15) is 44.7 Å². The number of amides is 4. The lowest BCUT2D eigenvalue weighted by molar-refractivity contribution is -0.394. The van der Waals surface area contributed by atoms with Gasteiger partial charge in [0, 0.05) is 18.2 Å². The Bertz CT molecular complexity index is 1570. The van der Waals surface area contributed by atoms with Crippen LogP contribution in [0.5, 0.6) is 11.5 Å². The molecule has 0 aromatic heterocycles. The molecule has 0 aliphatic carbocycles. The zero-order valence-corrected chi connectivity index (χ0v) is 18.8. The zero-order chi connectivity index (χ0) is 27.6. The van der Waals surface area contributed by atoms with Crippen LogP contribution in [0.4, 0.5) is 27.5 Å². The van der Waals surface area contributed by atoms with Crippen LogP contribution in [0, 0.1) is 30.3 Å². The molecule has 4 amide bonds. The average Bonchev–Trinajstić information content (AvgIpc) is 2.87. The van der Waals surface area contributed by atoms with Gasteiger partial charge in [-0.05, 0) is 42.0 Å². The van der Waals surface area contributed by atoms with E-state index in [1.165, 1.54) is 36.4 Å². The van der Waals surface area contributed by atoms with Gasteiger partial charge < -0.3 is 4.74 Å². The highest BCUT2D eigenvalue weighted by atomic mass is 16.6. The van der Waals surface area contributed by atoms with Gasteiger partial charge in [-0.15, -0.1) is 0 Å². The summed E-state index contributed by atoms with van der Waals surface area (Å²) >= 11 is 0. The number of hydrogen-bond acceptors (Lipinski definition) is 10. The van der Waals surface area contributed by atoms with E-state index in [-0.39, 0.29) is 28.4 Å². The molecule has 4 rings (SSSR count). The Morgan fingerprint density at radius 3 is 2.08 bits per heavy atom. The molecule has 1 saturated heterocycles. The second kappa shape index (κ2) is 9.94. The zero-order valence-electron chi connectivity index (χ0n) is 18.8. The summed E-state index contributed by atoms with van der Waals surface area (Å²) in [6.07, 6.45) is 1.15. The summed E-state index contributed by atoms with van der Waals surface area (Å²) in [7, 11) is 0. The number of nitrogens with one attached hydrogen (secondary N) is 1. The number of carbonyl (C=O) groups excluding carboxylic acids is 3. The number of carbonyl (C=O) groups is 3. The third-order valence-electron chi connectivity index (χ3n) is 5.17. The third-order valence-corrected chi connectivity index (χ3v) is 5.17. The van der Waals surface area contributed by atoms with Crippen molar-refractivity contribution in [1.29, 1.82) is 0 Å². The van der Waals surface area contributed by atoms with Crippen LogP contribution in [0.25, 0.3) is 6.08 Å². The summed E-state index contributed by atoms with van der Waals surface area (Å²) in [5, 5.41) is 35.2. The summed E-state index contributed by atoms with van der Waals surface area (Å²) in [6.45, 7) is 0. The number of non-ortho nitro benzene ring substituents is 2. The quantitative estimate of drug-likeness (QED) is 0.206. The van der Waals surface area contributed by atoms with Crippen LogP contribution >= 0.6 is 0 Å². The Balaban J connectivity index is 1.64. The van der Waals surface area contributed by atoms with Gasteiger partial charge in [0.05, 0.1) is 26.5 Å². The first-order valence-electron chi connectivity index (χ1n) is 10.4. The minimum atomic E-state index is -1.05. The predicted octanol–water partition coefficient (Wildman–Crippen LogP) is 3.87. The molecular weight excluding hydrogens is 506 g/mol. The molecule has 0 bridgehead atoms. The lowest BCUT2D eigenvalue weighted by Gasteiger charge is -2.26. The van der Waals surface area contributed by atoms with Gasteiger partial charge >= 0.3 is 11.7 Å². The van der Waals surface area contributed by atoms with Crippen LogP contribution in [-0.4, -0.2) is 32.6 Å². The van der Waals surface area contributed by atoms with Gasteiger partial charge in [0.2, 0.25) is 5.75 Å². The van der Waals surface area contributed by atoms with Gasteiger partial charge in [-0.25, -0.2) is 9.69 Å². The highest BCUT2D eigenvalue weighted by molar-refractivity contribution is 6.39. The van der Waals surface area contributed by atoms with Crippen LogP contribution in [0.15, 0.2) is 72.3 Å². The highest BCUT2D eigenvalue weighted by Gasteiger charge is 2.37. The van der Waals surface area contributed by atoms with E-state index in [4.69, 9.17) is 4.74 Å². The largest absolute Gasteiger partial charge is 0.450 e. The Kier molecular flexibility index (Phi) is 6.57. The van der Waals surface area contributed by atoms with E-state index in [1.54, 1.807) is 0 Å². The number of nitrogens with zero attached hydrogens (tertiary/aromatic N) is 4. The molecule has 190 valence electrons. The van der Waals surface area contributed by atoms with Crippen LogP contribution in [0.2, 0.25) is 0 Å². The van der Waals surface area contributed by atoms with Crippen molar-refractivity contribution in [2.24, 2.45) is 0 Å². The third kappa shape index (κ3) is 5.01. The van der Waals surface area contributed by atoms with Crippen LogP contribution in [0.3, 0.4) is 0 Å². The molecule has 0 unspecified atom stereocenters. The Morgan fingerprint density at radius 1 is 0.789 bits per heavy atom. The lowest BCUT2D eigenvalue weighted by atomic mass is 10.1. The summed E-state index contributed by atoms with van der Waals surface area (Å²) in [6, 6.07) is 12.0. The van der Waals surface area contributed by atoms with Crippen molar-refractivity contribution in [2.75, 3.05) is 4.90 Å². The maximum atomic E-state index is 13.0. The van der Waals surface area contributed by atoms with Crippen molar-refractivity contribution in [1.82, 2.24) is 5.32 Å². The molecule has 1 N–H and O–H groups in total.